The van der Waals surface area contributed by atoms with Crippen LogP contribution in [-0.4, -0.2) is 16.6 Å². The molecule has 0 aromatic carbocycles. The largest absolute Gasteiger partial charge is 0.574 e. The molecule has 0 N–H and O–H groups in total. The Labute approximate surface area is 116 Å². The molecule has 1 heterocycles. The summed E-state index contributed by atoms with van der Waals surface area (Å²) in [4.78, 5) is 14.4. The SMILES string of the molecule is O=C(Cl)c1c(C(F)F)cc(OC(F)(F)F)nc1CBr. The molecule has 0 bridgehead atoms. The van der Waals surface area contributed by atoms with Gasteiger partial charge in [-0.05, 0) is 11.6 Å². The topological polar surface area (TPSA) is 39.2 Å². The Morgan fingerprint density at radius 1 is 1.47 bits per heavy atom. The molecule has 0 amide bonds. The van der Waals surface area contributed by atoms with Crippen molar-refractivity contribution < 1.29 is 31.5 Å². The average molecular weight is 368 g/mol. The van der Waals surface area contributed by atoms with Crippen molar-refractivity contribution in [1.29, 1.82) is 0 Å². The van der Waals surface area contributed by atoms with E-state index in [9.17, 15) is 26.7 Å². The van der Waals surface area contributed by atoms with Crippen LogP contribution in [0.15, 0.2) is 6.07 Å². The van der Waals surface area contributed by atoms with Crippen LogP contribution in [0.2, 0.25) is 0 Å². The summed E-state index contributed by atoms with van der Waals surface area (Å²) in [5.41, 5.74) is -1.97. The molecular formula is C9H4BrClF5NO2. The minimum absolute atomic E-state index is 0.241. The minimum Gasteiger partial charge on any atom is -0.388 e. The van der Waals surface area contributed by atoms with Crippen LogP contribution in [0.25, 0.3) is 0 Å². The highest BCUT2D eigenvalue weighted by atomic mass is 79.9. The predicted molar refractivity (Wildman–Crippen MR) is 58.7 cm³/mol. The lowest BCUT2D eigenvalue weighted by Crippen LogP contribution is -2.19. The van der Waals surface area contributed by atoms with Crippen molar-refractivity contribution in [3.05, 3.63) is 22.9 Å². The van der Waals surface area contributed by atoms with Crippen molar-refractivity contribution in [3.63, 3.8) is 0 Å². The van der Waals surface area contributed by atoms with Gasteiger partial charge in [-0.3, -0.25) is 4.79 Å². The Morgan fingerprint density at radius 3 is 2.42 bits per heavy atom. The Morgan fingerprint density at radius 2 is 2.05 bits per heavy atom. The molecule has 0 atom stereocenters. The van der Waals surface area contributed by atoms with E-state index >= 15 is 0 Å². The Balaban J connectivity index is 3.40. The van der Waals surface area contributed by atoms with E-state index in [1.807, 2.05) is 0 Å². The zero-order valence-electron chi connectivity index (χ0n) is 8.77. The summed E-state index contributed by atoms with van der Waals surface area (Å²) in [5, 5.41) is -1.48. The maximum atomic E-state index is 12.7. The quantitative estimate of drug-likeness (QED) is 0.454. The van der Waals surface area contributed by atoms with E-state index in [4.69, 9.17) is 11.6 Å². The van der Waals surface area contributed by atoms with Gasteiger partial charge in [0, 0.05) is 17.0 Å². The Bertz CT molecular complexity index is 494. The van der Waals surface area contributed by atoms with Crippen LogP contribution in [0.4, 0.5) is 22.0 Å². The summed E-state index contributed by atoms with van der Waals surface area (Å²) < 4.78 is 64.9. The molecule has 0 aliphatic heterocycles. The van der Waals surface area contributed by atoms with Crippen molar-refractivity contribution in [1.82, 2.24) is 4.98 Å². The van der Waals surface area contributed by atoms with E-state index in [1.54, 1.807) is 0 Å². The number of halogens is 7. The highest BCUT2D eigenvalue weighted by Crippen LogP contribution is 2.32. The van der Waals surface area contributed by atoms with E-state index in [-0.39, 0.29) is 11.0 Å². The second-order valence-corrected chi connectivity index (χ2v) is 4.03. The van der Waals surface area contributed by atoms with Gasteiger partial charge in [0.1, 0.15) is 0 Å². The molecule has 0 radical (unpaired) electrons. The van der Waals surface area contributed by atoms with E-state index < -0.39 is 35.0 Å². The number of ether oxygens (including phenoxy) is 1. The fourth-order valence-corrected chi connectivity index (χ4v) is 1.88. The smallest absolute Gasteiger partial charge is 0.388 e. The molecule has 106 valence electrons. The number of alkyl halides is 6. The minimum atomic E-state index is -5.08. The van der Waals surface area contributed by atoms with Gasteiger partial charge < -0.3 is 4.74 Å². The average Bonchev–Trinajstić information content (AvgIpc) is 2.24. The molecule has 3 nitrogen and oxygen atoms in total. The first-order valence-electron chi connectivity index (χ1n) is 4.49. The lowest BCUT2D eigenvalue weighted by molar-refractivity contribution is -0.276. The molecule has 0 saturated carbocycles. The van der Waals surface area contributed by atoms with Gasteiger partial charge in [0.25, 0.3) is 11.7 Å². The number of hydrogen-bond donors (Lipinski definition) is 0. The van der Waals surface area contributed by atoms with Crippen LogP contribution in [-0.2, 0) is 5.33 Å². The van der Waals surface area contributed by atoms with Crippen molar-refractivity contribution >= 4 is 32.8 Å². The first kappa shape index (κ1) is 16.1. The summed E-state index contributed by atoms with van der Waals surface area (Å²) >= 11 is 7.94. The van der Waals surface area contributed by atoms with Crippen LogP contribution < -0.4 is 4.74 Å². The molecule has 0 spiro atoms. The second kappa shape index (κ2) is 6.00. The van der Waals surface area contributed by atoms with E-state index in [0.717, 1.165) is 0 Å². The first-order chi connectivity index (χ1) is 8.65. The number of pyridine rings is 1. The monoisotopic (exact) mass is 367 g/mol. The maximum absolute atomic E-state index is 12.7. The zero-order chi connectivity index (χ0) is 14.8. The Kier molecular flexibility index (Phi) is 5.08. The summed E-state index contributed by atoms with van der Waals surface area (Å²) in [6.07, 6.45) is -8.28. The molecule has 0 saturated heterocycles. The lowest BCUT2D eigenvalue weighted by Gasteiger charge is -2.13. The molecule has 1 aromatic rings. The first-order valence-corrected chi connectivity index (χ1v) is 5.99. The zero-order valence-corrected chi connectivity index (χ0v) is 11.1. The number of nitrogens with zero attached hydrogens (tertiary/aromatic N) is 1. The van der Waals surface area contributed by atoms with Crippen molar-refractivity contribution in [3.8, 4) is 5.88 Å². The van der Waals surface area contributed by atoms with Crippen LogP contribution >= 0.6 is 27.5 Å². The highest BCUT2D eigenvalue weighted by Gasteiger charge is 2.33. The molecule has 0 fully saturated rings. The third-order valence-corrected chi connectivity index (χ3v) is 2.60. The van der Waals surface area contributed by atoms with Gasteiger partial charge in [-0.2, -0.15) is 0 Å². The molecule has 0 aliphatic rings. The third-order valence-electron chi connectivity index (χ3n) is 1.88. The van der Waals surface area contributed by atoms with Crippen LogP contribution in [0.3, 0.4) is 0 Å². The summed E-state index contributed by atoms with van der Waals surface area (Å²) in [5.74, 6) is -1.08. The molecule has 1 aromatic heterocycles. The lowest BCUT2D eigenvalue weighted by atomic mass is 10.1. The maximum Gasteiger partial charge on any atom is 0.574 e. The van der Waals surface area contributed by atoms with Gasteiger partial charge in [-0.1, -0.05) is 15.9 Å². The number of rotatable bonds is 4. The fraction of sp³-hybridized carbons (Fsp3) is 0.333. The van der Waals surface area contributed by atoms with E-state index in [2.05, 4.69) is 25.7 Å². The van der Waals surface area contributed by atoms with Crippen LogP contribution in [0.5, 0.6) is 5.88 Å². The summed E-state index contributed by atoms with van der Waals surface area (Å²) in [6, 6.07) is 0.333. The van der Waals surface area contributed by atoms with Gasteiger partial charge in [0.2, 0.25) is 5.88 Å². The predicted octanol–water partition coefficient (Wildman–Crippen LogP) is 4.19. The van der Waals surface area contributed by atoms with Gasteiger partial charge in [-0.25, -0.2) is 13.8 Å². The van der Waals surface area contributed by atoms with Gasteiger partial charge in [0.05, 0.1) is 11.3 Å². The van der Waals surface area contributed by atoms with Gasteiger partial charge in [0.15, 0.2) is 0 Å². The number of carbonyl (C=O) groups is 1. The van der Waals surface area contributed by atoms with Crippen molar-refractivity contribution in [2.75, 3.05) is 0 Å². The van der Waals surface area contributed by atoms with Crippen molar-refractivity contribution in [2.45, 2.75) is 18.1 Å². The summed E-state index contributed by atoms with van der Waals surface area (Å²) in [7, 11) is 0. The molecule has 0 unspecified atom stereocenters. The highest BCUT2D eigenvalue weighted by molar-refractivity contribution is 9.08. The third kappa shape index (κ3) is 4.27. The van der Waals surface area contributed by atoms with Crippen LogP contribution in [0.1, 0.15) is 28.0 Å². The molecule has 19 heavy (non-hydrogen) atoms. The number of carbonyl (C=O) groups excluding carboxylic acids is 1. The summed E-state index contributed by atoms with van der Waals surface area (Å²) in [6.45, 7) is 0. The van der Waals surface area contributed by atoms with Gasteiger partial charge >= 0.3 is 6.36 Å². The Hall–Kier alpha value is -0.960. The molecule has 1 rings (SSSR count). The standard InChI is InChI=1S/C9H4BrClF5NO2/c10-2-4-6(7(11)18)3(8(12)13)1-5(17-4)19-9(14,15)16/h1,8H,2H2. The van der Waals surface area contributed by atoms with Crippen molar-refractivity contribution in [2.24, 2.45) is 0 Å². The second-order valence-electron chi connectivity index (χ2n) is 3.13. The molecule has 10 heteroatoms. The van der Waals surface area contributed by atoms with Crippen LogP contribution in [0, 0.1) is 0 Å². The fourth-order valence-electron chi connectivity index (χ4n) is 1.26. The number of aromatic nitrogens is 1. The van der Waals surface area contributed by atoms with E-state index in [0.29, 0.717) is 6.07 Å². The molecule has 0 aliphatic carbocycles. The molecular weight excluding hydrogens is 364 g/mol. The van der Waals surface area contributed by atoms with E-state index in [1.165, 1.54) is 0 Å². The number of hydrogen-bond acceptors (Lipinski definition) is 3. The van der Waals surface area contributed by atoms with Gasteiger partial charge in [-0.15, -0.1) is 13.2 Å². The normalized spacial score (nSPS) is 11.8.